The van der Waals surface area contributed by atoms with Crippen molar-refractivity contribution in [3.8, 4) is 0 Å². The Hall–Kier alpha value is -0.450. The summed E-state index contributed by atoms with van der Waals surface area (Å²) in [5.74, 6) is -2.35. The van der Waals surface area contributed by atoms with Crippen LogP contribution in [0.25, 0.3) is 0 Å². The van der Waals surface area contributed by atoms with Gasteiger partial charge in [0.1, 0.15) is 0 Å². The van der Waals surface area contributed by atoms with Crippen LogP contribution >= 0.6 is 11.6 Å². The molecule has 6 heteroatoms. The molecule has 0 saturated heterocycles. The lowest BCUT2D eigenvalue weighted by Gasteiger charge is -2.37. The zero-order valence-corrected chi connectivity index (χ0v) is 12.8. The third-order valence-electron chi connectivity index (χ3n) is 3.94. The average Bonchev–Trinajstić information content (AvgIpc) is 2.37. The van der Waals surface area contributed by atoms with Crippen molar-refractivity contribution in [2.45, 2.75) is 58.2 Å². The molecular formula is C14H23ClF3NO. The van der Waals surface area contributed by atoms with Crippen molar-refractivity contribution in [2.75, 3.05) is 12.4 Å². The molecule has 0 heterocycles. The average molecular weight is 314 g/mol. The summed E-state index contributed by atoms with van der Waals surface area (Å²) >= 11 is 5.62. The molecule has 1 saturated carbocycles. The monoisotopic (exact) mass is 313 g/mol. The van der Waals surface area contributed by atoms with Crippen LogP contribution in [0, 0.1) is 11.8 Å². The first kappa shape index (κ1) is 17.6. The molecule has 0 radical (unpaired) electrons. The lowest BCUT2D eigenvalue weighted by atomic mass is 9.77. The van der Waals surface area contributed by atoms with Crippen molar-refractivity contribution in [3.05, 3.63) is 0 Å². The normalized spacial score (nSPS) is 23.9. The number of hydrogen-bond donors (Lipinski definition) is 0. The van der Waals surface area contributed by atoms with Crippen molar-refractivity contribution < 1.29 is 18.0 Å². The van der Waals surface area contributed by atoms with Crippen molar-refractivity contribution in [2.24, 2.45) is 11.8 Å². The fourth-order valence-corrected chi connectivity index (χ4v) is 3.00. The van der Waals surface area contributed by atoms with Gasteiger partial charge in [-0.15, -0.1) is 11.6 Å². The third kappa shape index (κ3) is 4.54. The first-order valence-electron chi connectivity index (χ1n) is 7.22. The molecule has 0 spiro atoms. The van der Waals surface area contributed by atoms with Gasteiger partial charge in [-0.1, -0.05) is 12.8 Å². The second-order valence-corrected chi connectivity index (χ2v) is 6.08. The van der Waals surface area contributed by atoms with Crippen molar-refractivity contribution in [3.63, 3.8) is 0 Å². The van der Waals surface area contributed by atoms with E-state index in [1.165, 1.54) is 0 Å². The maximum Gasteiger partial charge on any atom is 0.392 e. The van der Waals surface area contributed by atoms with Gasteiger partial charge >= 0.3 is 6.18 Å². The van der Waals surface area contributed by atoms with Gasteiger partial charge in [0, 0.05) is 24.4 Å². The Morgan fingerprint density at radius 2 is 1.90 bits per heavy atom. The van der Waals surface area contributed by atoms with Gasteiger partial charge in [-0.2, -0.15) is 13.2 Å². The van der Waals surface area contributed by atoms with Gasteiger partial charge < -0.3 is 4.90 Å². The minimum atomic E-state index is -4.28. The summed E-state index contributed by atoms with van der Waals surface area (Å²) in [7, 11) is 0. The molecule has 118 valence electrons. The molecule has 0 aromatic rings. The zero-order valence-electron chi connectivity index (χ0n) is 12.0. The van der Waals surface area contributed by atoms with Crippen LogP contribution in [0.3, 0.4) is 0 Å². The summed E-state index contributed by atoms with van der Waals surface area (Å²) in [5.41, 5.74) is 0. The van der Waals surface area contributed by atoms with Gasteiger partial charge in [-0.05, 0) is 33.1 Å². The molecule has 0 aromatic carbocycles. The standard InChI is InChI=1S/C14H23ClF3NO/c1-10(2)19(9-5-8-15)13(20)11-6-3-4-7-12(11)14(16,17)18/h10-12H,3-9H2,1-2H3. The van der Waals surface area contributed by atoms with E-state index in [2.05, 4.69) is 0 Å². The van der Waals surface area contributed by atoms with E-state index in [4.69, 9.17) is 11.6 Å². The number of amides is 1. The van der Waals surface area contributed by atoms with Crippen LogP contribution in [0.2, 0.25) is 0 Å². The molecule has 2 unspecified atom stereocenters. The van der Waals surface area contributed by atoms with Crippen LogP contribution in [0.1, 0.15) is 46.0 Å². The molecule has 1 amide bonds. The summed E-state index contributed by atoms with van der Waals surface area (Å²) in [5, 5.41) is 0. The van der Waals surface area contributed by atoms with Crippen LogP contribution in [-0.4, -0.2) is 35.4 Å². The molecule has 1 aliphatic carbocycles. The highest BCUT2D eigenvalue weighted by Gasteiger charge is 2.49. The number of nitrogens with zero attached hydrogens (tertiary/aromatic N) is 1. The Bertz CT molecular complexity index is 320. The van der Waals surface area contributed by atoms with Crippen LogP contribution in [0.4, 0.5) is 13.2 Å². The molecule has 0 bridgehead atoms. The van der Waals surface area contributed by atoms with Crippen molar-refractivity contribution in [1.82, 2.24) is 4.90 Å². The first-order valence-corrected chi connectivity index (χ1v) is 7.75. The SMILES string of the molecule is CC(C)N(CCCCl)C(=O)C1CCCCC1C(F)(F)F. The predicted molar refractivity (Wildman–Crippen MR) is 73.7 cm³/mol. The fraction of sp³-hybridized carbons (Fsp3) is 0.929. The highest BCUT2D eigenvalue weighted by molar-refractivity contribution is 6.17. The predicted octanol–water partition coefficient (Wildman–Crippen LogP) is 4.22. The Balaban J connectivity index is 2.84. The summed E-state index contributed by atoms with van der Waals surface area (Å²) in [6, 6.07) is -0.0958. The van der Waals surface area contributed by atoms with E-state index in [9.17, 15) is 18.0 Å². The van der Waals surface area contributed by atoms with E-state index in [0.717, 1.165) is 0 Å². The maximum absolute atomic E-state index is 13.1. The molecule has 1 rings (SSSR count). The smallest absolute Gasteiger partial charge is 0.340 e. The largest absolute Gasteiger partial charge is 0.392 e. The number of hydrogen-bond acceptors (Lipinski definition) is 1. The van der Waals surface area contributed by atoms with Gasteiger partial charge in [0.25, 0.3) is 0 Å². The van der Waals surface area contributed by atoms with E-state index in [1.807, 2.05) is 13.8 Å². The van der Waals surface area contributed by atoms with E-state index in [-0.39, 0.29) is 18.4 Å². The second kappa shape index (κ2) is 7.53. The van der Waals surface area contributed by atoms with Gasteiger partial charge in [-0.25, -0.2) is 0 Å². The van der Waals surface area contributed by atoms with E-state index in [1.54, 1.807) is 4.90 Å². The zero-order chi connectivity index (χ0) is 15.3. The summed E-state index contributed by atoms with van der Waals surface area (Å²) in [4.78, 5) is 14.0. The molecule has 20 heavy (non-hydrogen) atoms. The topological polar surface area (TPSA) is 20.3 Å². The van der Waals surface area contributed by atoms with Crippen LogP contribution in [0.5, 0.6) is 0 Å². The Morgan fingerprint density at radius 3 is 2.40 bits per heavy atom. The number of carbonyl (C=O) groups excluding carboxylic acids is 1. The van der Waals surface area contributed by atoms with E-state index in [0.29, 0.717) is 38.1 Å². The summed E-state index contributed by atoms with van der Waals surface area (Å²) in [6.07, 6.45) is -2.01. The highest BCUT2D eigenvalue weighted by atomic mass is 35.5. The van der Waals surface area contributed by atoms with Crippen LogP contribution in [-0.2, 0) is 4.79 Å². The van der Waals surface area contributed by atoms with Crippen LogP contribution < -0.4 is 0 Å². The van der Waals surface area contributed by atoms with E-state index >= 15 is 0 Å². The molecule has 2 atom stereocenters. The number of alkyl halides is 4. The number of halogens is 4. The van der Waals surface area contributed by atoms with Crippen molar-refractivity contribution in [1.29, 1.82) is 0 Å². The minimum absolute atomic E-state index is 0.0708. The first-order chi connectivity index (χ1) is 9.29. The molecule has 0 N–H and O–H groups in total. The molecular weight excluding hydrogens is 291 g/mol. The lowest BCUT2D eigenvalue weighted by Crippen LogP contribution is -2.47. The third-order valence-corrected chi connectivity index (χ3v) is 4.21. The molecule has 1 aliphatic rings. The maximum atomic E-state index is 13.1. The van der Waals surface area contributed by atoms with Gasteiger partial charge in [0.05, 0.1) is 5.92 Å². The fourth-order valence-electron chi connectivity index (χ4n) is 2.88. The molecule has 0 aromatic heterocycles. The summed E-state index contributed by atoms with van der Waals surface area (Å²) < 4.78 is 39.2. The Labute approximate surface area is 123 Å². The van der Waals surface area contributed by atoms with Gasteiger partial charge in [0.15, 0.2) is 0 Å². The van der Waals surface area contributed by atoms with E-state index < -0.39 is 18.0 Å². The lowest BCUT2D eigenvalue weighted by molar-refractivity contribution is -0.201. The quantitative estimate of drug-likeness (QED) is 0.696. The number of rotatable bonds is 5. The minimum Gasteiger partial charge on any atom is -0.340 e. The van der Waals surface area contributed by atoms with Gasteiger partial charge in [-0.3, -0.25) is 4.79 Å². The molecule has 1 fully saturated rings. The molecule has 2 nitrogen and oxygen atoms in total. The summed E-state index contributed by atoms with van der Waals surface area (Å²) in [6.45, 7) is 4.09. The number of carbonyl (C=O) groups is 1. The Kier molecular flexibility index (Phi) is 6.62. The van der Waals surface area contributed by atoms with Crippen molar-refractivity contribution >= 4 is 17.5 Å². The highest BCUT2D eigenvalue weighted by Crippen LogP contribution is 2.42. The second-order valence-electron chi connectivity index (χ2n) is 5.71. The van der Waals surface area contributed by atoms with Gasteiger partial charge in [0.2, 0.25) is 5.91 Å². The van der Waals surface area contributed by atoms with Crippen LogP contribution in [0.15, 0.2) is 0 Å². The molecule has 0 aliphatic heterocycles. The Morgan fingerprint density at radius 1 is 1.30 bits per heavy atom.